The molecule has 2 heterocycles. The number of hydrogen-bond acceptors (Lipinski definition) is 3. The van der Waals surface area contributed by atoms with Crippen LogP contribution >= 0.6 is 23.4 Å². The maximum Gasteiger partial charge on any atom is 0.268 e. The SMILES string of the molecule is CCC(=O)N1CC(C)(C)S[C@]12C(=O)N(Cc1ccccc1C)c1ccc(Cl)cc12. The standard InChI is InChI=1S/C23H25ClN2O2S/c1-5-20(27)26-14-22(3,4)29-23(26)18-12-17(24)10-11-19(18)25(21(23)28)13-16-9-7-6-8-15(16)2/h6-12H,5,13-14H2,1-4H3/t23-/m1/s1. The summed E-state index contributed by atoms with van der Waals surface area (Å²) in [6.45, 7) is 9.06. The molecule has 2 aliphatic rings. The van der Waals surface area contributed by atoms with Gasteiger partial charge in [-0.05, 0) is 50.1 Å². The van der Waals surface area contributed by atoms with E-state index in [1.807, 2.05) is 48.2 Å². The van der Waals surface area contributed by atoms with Gasteiger partial charge in [0.1, 0.15) is 0 Å². The summed E-state index contributed by atoms with van der Waals surface area (Å²) in [6, 6.07) is 13.7. The second-order valence-corrected chi connectivity index (χ2v) is 10.7. The van der Waals surface area contributed by atoms with Crippen LogP contribution in [0.5, 0.6) is 0 Å². The van der Waals surface area contributed by atoms with Crippen molar-refractivity contribution < 1.29 is 9.59 Å². The molecule has 1 atom stereocenters. The molecule has 1 saturated heterocycles. The number of amides is 2. The number of fused-ring (bicyclic) bond motifs is 2. The second kappa shape index (κ2) is 7.06. The van der Waals surface area contributed by atoms with Crippen molar-refractivity contribution in [3.8, 4) is 0 Å². The van der Waals surface area contributed by atoms with Gasteiger partial charge in [-0.15, -0.1) is 11.8 Å². The summed E-state index contributed by atoms with van der Waals surface area (Å²) >= 11 is 7.92. The molecule has 2 aromatic carbocycles. The number of rotatable bonds is 3. The highest BCUT2D eigenvalue weighted by molar-refractivity contribution is 8.02. The molecule has 2 aliphatic heterocycles. The average Bonchev–Trinajstić information content (AvgIpc) is 3.09. The fourth-order valence-corrected chi connectivity index (χ4v) is 6.24. The van der Waals surface area contributed by atoms with Crippen LogP contribution in [0.4, 0.5) is 5.69 Å². The lowest BCUT2D eigenvalue weighted by molar-refractivity contribution is -0.140. The third kappa shape index (κ3) is 3.15. The lowest BCUT2D eigenvalue weighted by Gasteiger charge is -2.33. The molecule has 4 nitrogen and oxygen atoms in total. The highest BCUT2D eigenvalue weighted by Gasteiger charge is 2.63. The Hall–Kier alpha value is -1.98. The molecule has 29 heavy (non-hydrogen) atoms. The van der Waals surface area contributed by atoms with Crippen molar-refractivity contribution in [2.24, 2.45) is 0 Å². The number of nitrogens with zero attached hydrogens (tertiary/aromatic N) is 2. The van der Waals surface area contributed by atoms with Crippen LogP contribution in [0.1, 0.15) is 43.9 Å². The van der Waals surface area contributed by atoms with E-state index in [0.717, 1.165) is 22.4 Å². The van der Waals surface area contributed by atoms with Gasteiger partial charge in [-0.3, -0.25) is 9.59 Å². The number of benzene rings is 2. The van der Waals surface area contributed by atoms with E-state index in [2.05, 4.69) is 26.8 Å². The summed E-state index contributed by atoms with van der Waals surface area (Å²) in [5.41, 5.74) is 3.88. The van der Waals surface area contributed by atoms with Gasteiger partial charge in [0.15, 0.2) is 4.87 Å². The zero-order chi connectivity index (χ0) is 21.0. The highest BCUT2D eigenvalue weighted by Crippen LogP contribution is 2.60. The summed E-state index contributed by atoms with van der Waals surface area (Å²) in [5.74, 6) is -0.0736. The van der Waals surface area contributed by atoms with Crippen LogP contribution in [-0.4, -0.2) is 28.0 Å². The Morgan fingerprint density at radius 2 is 1.93 bits per heavy atom. The molecule has 0 saturated carbocycles. The van der Waals surface area contributed by atoms with Crippen molar-refractivity contribution in [1.29, 1.82) is 0 Å². The molecule has 0 bridgehead atoms. The Morgan fingerprint density at radius 3 is 2.62 bits per heavy atom. The molecule has 4 rings (SSSR count). The molecule has 0 N–H and O–H groups in total. The van der Waals surface area contributed by atoms with Crippen molar-refractivity contribution in [2.45, 2.75) is 50.3 Å². The quantitative estimate of drug-likeness (QED) is 0.681. The van der Waals surface area contributed by atoms with Gasteiger partial charge in [-0.25, -0.2) is 0 Å². The summed E-state index contributed by atoms with van der Waals surface area (Å²) in [6.07, 6.45) is 0.360. The first-order valence-electron chi connectivity index (χ1n) is 9.87. The second-order valence-electron chi connectivity index (χ2n) is 8.32. The number of carbonyl (C=O) groups is 2. The van der Waals surface area contributed by atoms with E-state index in [4.69, 9.17) is 11.6 Å². The topological polar surface area (TPSA) is 40.6 Å². The van der Waals surface area contributed by atoms with E-state index in [1.165, 1.54) is 0 Å². The van der Waals surface area contributed by atoms with Gasteiger partial charge in [0.25, 0.3) is 5.91 Å². The van der Waals surface area contributed by atoms with E-state index in [-0.39, 0.29) is 16.6 Å². The van der Waals surface area contributed by atoms with Crippen molar-refractivity contribution in [3.63, 3.8) is 0 Å². The smallest absolute Gasteiger partial charge is 0.268 e. The fourth-order valence-electron chi connectivity index (χ4n) is 4.33. The molecule has 0 radical (unpaired) electrons. The molecular weight excluding hydrogens is 404 g/mol. The van der Waals surface area contributed by atoms with Crippen LogP contribution in [-0.2, 0) is 21.0 Å². The maximum absolute atomic E-state index is 14.0. The minimum atomic E-state index is -1.06. The normalized spacial score (nSPS) is 22.4. The van der Waals surface area contributed by atoms with Crippen LogP contribution in [0, 0.1) is 6.92 Å². The maximum atomic E-state index is 14.0. The Bertz CT molecular complexity index is 1010. The van der Waals surface area contributed by atoms with E-state index >= 15 is 0 Å². The number of carbonyl (C=O) groups excluding carboxylic acids is 2. The van der Waals surface area contributed by atoms with Crippen molar-refractivity contribution in [1.82, 2.24) is 4.90 Å². The minimum absolute atomic E-state index is 0.0138. The summed E-state index contributed by atoms with van der Waals surface area (Å²) in [4.78, 5) is 29.5. The number of hydrogen-bond donors (Lipinski definition) is 0. The van der Waals surface area contributed by atoms with Gasteiger partial charge in [-0.1, -0.05) is 42.8 Å². The van der Waals surface area contributed by atoms with Gasteiger partial charge < -0.3 is 9.80 Å². The number of aryl methyl sites for hydroxylation is 1. The molecule has 6 heteroatoms. The lowest BCUT2D eigenvalue weighted by atomic mass is 10.0. The zero-order valence-corrected chi connectivity index (χ0v) is 18.7. The first kappa shape index (κ1) is 20.3. The summed E-state index contributed by atoms with van der Waals surface area (Å²) in [5, 5.41) is 0.572. The van der Waals surface area contributed by atoms with Crippen molar-refractivity contribution in [3.05, 3.63) is 64.2 Å². The van der Waals surface area contributed by atoms with Gasteiger partial charge in [0.2, 0.25) is 5.91 Å². The average molecular weight is 429 g/mol. The molecule has 2 aromatic rings. The molecule has 1 spiro atoms. The fraction of sp³-hybridized carbons (Fsp3) is 0.391. The van der Waals surface area contributed by atoms with E-state index in [0.29, 0.717) is 24.5 Å². The van der Waals surface area contributed by atoms with Gasteiger partial charge in [-0.2, -0.15) is 0 Å². The highest BCUT2D eigenvalue weighted by atomic mass is 35.5. The van der Waals surface area contributed by atoms with Crippen LogP contribution < -0.4 is 4.90 Å². The van der Waals surface area contributed by atoms with Crippen LogP contribution in [0.3, 0.4) is 0 Å². The summed E-state index contributed by atoms with van der Waals surface area (Å²) in [7, 11) is 0. The Morgan fingerprint density at radius 1 is 1.21 bits per heavy atom. The lowest BCUT2D eigenvalue weighted by Crippen LogP contribution is -2.50. The summed E-state index contributed by atoms with van der Waals surface area (Å²) < 4.78 is -0.237. The molecular formula is C23H25ClN2O2S. The molecule has 0 aromatic heterocycles. The number of thioether (sulfide) groups is 1. The van der Waals surface area contributed by atoms with E-state index in [1.54, 1.807) is 16.7 Å². The van der Waals surface area contributed by atoms with Gasteiger partial charge in [0.05, 0.1) is 12.2 Å². The predicted octanol–water partition coefficient (Wildman–Crippen LogP) is 5.11. The zero-order valence-electron chi connectivity index (χ0n) is 17.2. The largest absolute Gasteiger partial charge is 0.314 e. The molecule has 2 amide bonds. The first-order chi connectivity index (χ1) is 13.7. The van der Waals surface area contributed by atoms with Crippen LogP contribution in [0.15, 0.2) is 42.5 Å². The monoisotopic (exact) mass is 428 g/mol. The number of anilines is 1. The Balaban J connectivity index is 1.88. The van der Waals surface area contributed by atoms with Crippen LogP contribution in [0.25, 0.3) is 0 Å². The molecule has 152 valence electrons. The Labute approximate surface area is 181 Å². The third-order valence-electron chi connectivity index (χ3n) is 5.69. The van der Waals surface area contributed by atoms with Crippen molar-refractivity contribution >= 4 is 40.9 Å². The van der Waals surface area contributed by atoms with Gasteiger partial charge >= 0.3 is 0 Å². The van der Waals surface area contributed by atoms with Crippen LogP contribution in [0.2, 0.25) is 5.02 Å². The third-order valence-corrected chi connectivity index (χ3v) is 7.51. The molecule has 0 aliphatic carbocycles. The van der Waals surface area contributed by atoms with E-state index < -0.39 is 4.87 Å². The van der Waals surface area contributed by atoms with E-state index in [9.17, 15) is 9.59 Å². The predicted molar refractivity (Wildman–Crippen MR) is 119 cm³/mol. The van der Waals surface area contributed by atoms with Crippen molar-refractivity contribution in [2.75, 3.05) is 11.4 Å². The Kier molecular flexibility index (Phi) is 4.94. The number of halogens is 1. The van der Waals surface area contributed by atoms with Gasteiger partial charge in [0, 0.05) is 28.3 Å². The molecule has 1 fully saturated rings. The first-order valence-corrected chi connectivity index (χ1v) is 11.1. The molecule has 0 unspecified atom stereocenters. The minimum Gasteiger partial charge on any atom is -0.314 e.